The van der Waals surface area contributed by atoms with Crippen LogP contribution in [-0.4, -0.2) is 47.3 Å². The molecule has 4 rings (SSSR count). The molecule has 1 fully saturated rings. The highest BCUT2D eigenvalue weighted by Crippen LogP contribution is 2.20. The summed E-state index contributed by atoms with van der Waals surface area (Å²) >= 11 is 0. The first-order valence-corrected chi connectivity index (χ1v) is 10.3. The van der Waals surface area contributed by atoms with Gasteiger partial charge in [-0.05, 0) is 36.2 Å². The van der Waals surface area contributed by atoms with Gasteiger partial charge in [-0.3, -0.25) is 9.69 Å². The van der Waals surface area contributed by atoms with Crippen LogP contribution in [0.1, 0.15) is 23.4 Å². The molecule has 1 amide bonds. The fourth-order valence-electron chi connectivity index (χ4n) is 3.41. The van der Waals surface area contributed by atoms with Crippen molar-refractivity contribution in [2.75, 3.05) is 31.6 Å². The number of hydrogen-bond donors (Lipinski definition) is 1. The van der Waals surface area contributed by atoms with Crippen LogP contribution in [0.15, 0.2) is 47.0 Å². The van der Waals surface area contributed by atoms with E-state index in [0.29, 0.717) is 29.3 Å². The van der Waals surface area contributed by atoms with Crippen LogP contribution in [0.3, 0.4) is 0 Å². The van der Waals surface area contributed by atoms with Gasteiger partial charge in [0.1, 0.15) is 5.82 Å². The highest BCUT2D eigenvalue weighted by atomic mass is 19.1. The molecule has 2 aromatic carbocycles. The fraction of sp³-hybridized carbons (Fsp3) is 0.348. The maximum atomic E-state index is 13.7. The first-order chi connectivity index (χ1) is 15.1. The number of hydrogen-bond acceptors (Lipinski definition) is 6. The van der Waals surface area contributed by atoms with Crippen molar-refractivity contribution in [1.82, 2.24) is 15.0 Å². The van der Waals surface area contributed by atoms with Crippen LogP contribution in [0.5, 0.6) is 0 Å². The number of carbonyl (C=O) groups is 1. The molecule has 1 N–H and O–H groups in total. The van der Waals surface area contributed by atoms with Crippen LogP contribution in [0.4, 0.5) is 10.1 Å². The van der Waals surface area contributed by atoms with Crippen molar-refractivity contribution in [3.63, 3.8) is 0 Å². The number of carbonyl (C=O) groups excluding carboxylic acids is 1. The van der Waals surface area contributed by atoms with E-state index in [2.05, 4.69) is 26.4 Å². The monoisotopic (exact) mass is 424 g/mol. The lowest BCUT2D eigenvalue weighted by atomic mass is 10.1. The molecule has 1 aliphatic heterocycles. The molecule has 1 aliphatic rings. The van der Waals surface area contributed by atoms with Gasteiger partial charge in [-0.15, -0.1) is 0 Å². The summed E-state index contributed by atoms with van der Waals surface area (Å²) in [6.07, 6.45) is 0.512. The molecule has 3 aromatic rings. The Morgan fingerprint density at radius 3 is 2.84 bits per heavy atom. The summed E-state index contributed by atoms with van der Waals surface area (Å²) in [5, 5.41) is 6.81. The smallest absolute Gasteiger partial charge is 0.227 e. The van der Waals surface area contributed by atoms with Gasteiger partial charge >= 0.3 is 0 Å². The molecule has 0 radical (unpaired) electrons. The van der Waals surface area contributed by atoms with E-state index in [0.717, 1.165) is 44.1 Å². The summed E-state index contributed by atoms with van der Waals surface area (Å²) in [5.41, 5.74) is 3.00. The molecular weight excluding hydrogens is 399 g/mol. The topological polar surface area (TPSA) is 80.5 Å². The standard InChI is InChI=1S/C23H25FN4O3/c1-16-5-6-18(14-20(16)24)23-26-22(31-27-23)8-7-21(29)25-19-4-2-3-17(13-19)15-28-9-11-30-12-10-28/h2-6,13-14H,7-12,15H2,1H3,(H,25,29). The highest BCUT2D eigenvalue weighted by molar-refractivity contribution is 5.90. The van der Waals surface area contributed by atoms with Crippen LogP contribution < -0.4 is 5.32 Å². The van der Waals surface area contributed by atoms with Crippen LogP contribution in [0, 0.1) is 12.7 Å². The Balaban J connectivity index is 1.30. The quantitative estimate of drug-likeness (QED) is 0.624. The van der Waals surface area contributed by atoms with E-state index in [4.69, 9.17) is 9.26 Å². The maximum Gasteiger partial charge on any atom is 0.227 e. The Labute approximate surface area is 180 Å². The SMILES string of the molecule is Cc1ccc(-c2noc(CCC(=O)Nc3cccc(CN4CCOCC4)c3)n2)cc1F. The van der Waals surface area contributed by atoms with Crippen molar-refractivity contribution in [3.05, 3.63) is 65.3 Å². The Morgan fingerprint density at radius 2 is 2.03 bits per heavy atom. The molecule has 1 aromatic heterocycles. The number of aryl methyl sites for hydroxylation is 2. The summed E-state index contributed by atoms with van der Waals surface area (Å²) in [4.78, 5) is 19.0. The summed E-state index contributed by atoms with van der Waals surface area (Å²) in [6.45, 7) is 5.87. The van der Waals surface area contributed by atoms with Gasteiger partial charge in [0, 0.05) is 43.7 Å². The van der Waals surface area contributed by atoms with Gasteiger partial charge in [0.25, 0.3) is 0 Å². The molecule has 0 atom stereocenters. The molecule has 8 heteroatoms. The van der Waals surface area contributed by atoms with Gasteiger partial charge < -0.3 is 14.6 Å². The summed E-state index contributed by atoms with van der Waals surface area (Å²) < 4.78 is 24.3. The van der Waals surface area contributed by atoms with E-state index in [9.17, 15) is 9.18 Å². The lowest BCUT2D eigenvalue weighted by molar-refractivity contribution is -0.116. The number of rotatable bonds is 7. The number of aromatic nitrogens is 2. The maximum absolute atomic E-state index is 13.7. The highest BCUT2D eigenvalue weighted by Gasteiger charge is 2.13. The van der Waals surface area contributed by atoms with Crippen LogP contribution >= 0.6 is 0 Å². The van der Waals surface area contributed by atoms with E-state index in [1.807, 2.05) is 18.2 Å². The predicted octanol–water partition coefficient (Wildman–Crippen LogP) is 3.59. The zero-order valence-electron chi connectivity index (χ0n) is 17.4. The second kappa shape index (κ2) is 9.80. The summed E-state index contributed by atoms with van der Waals surface area (Å²) in [6, 6.07) is 12.6. The van der Waals surface area contributed by atoms with E-state index in [1.165, 1.54) is 6.07 Å². The fourth-order valence-corrected chi connectivity index (χ4v) is 3.41. The van der Waals surface area contributed by atoms with Crippen LogP contribution in [0.2, 0.25) is 0 Å². The Morgan fingerprint density at radius 1 is 1.19 bits per heavy atom. The number of ether oxygens (including phenoxy) is 1. The number of anilines is 1. The van der Waals surface area contributed by atoms with Crippen molar-refractivity contribution < 1.29 is 18.4 Å². The zero-order valence-corrected chi connectivity index (χ0v) is 17.4. The van der Waals surface area contributed by atoms with Gasteiger partial charge in [-0.2, -0.15) is 4.98 Å². The van der Waals surface area contributed by atoms with E-state index < -0.39 is 0 Å². The zero-order chi connectivity index (χ0) is 21.6. The molecule has 7 nitrogen and oxygen atoms in total. The van der Waals surface area contributed by atoms with Gasteiger partial charge in [0.05, 0.1) is 13.2 Å². The van der Waals surface area contributed by atoms with Crippen molar-refractivity contribution >= 4 is 11.6 Å². The normalized spacial score (nSPS) is 14.5. The molecule has 0 saturated carbocycles. The van der Waals surface area contributed by atoms with Crippen LogP contribution in [-0.2, 0) is 22.5 Å². The van der Waals surface area contributed by atoms with Crippen LogP contribution in [0.25, 0.3) is 11.4 Å². The van der Waals surface area contributed by atoms with Crippen molar-refractivity contribution in [3.8, 4) is 11.4 Å². The third-order valence-electron chi connectivity index (χ3n) is 5.18. The molecule has 162 valence electrons. The molecule has 0 aliphatic carbocycles. The molecule has 0 unspecified atom stereocenters. The average Bonchev–Trinajstić information content (AvgIpc) is 3.24. The third-order valence-corrected chi connectivity index (χ3v) is 5.18. The molecule has 2 heterocycles. The number of nitrogens with one attached hydrogen (secondary N) is 1. The summed E-state index contributed by atoms with van der Waals surface area (Å²) in [7, 11) is 0. The largest absolute Gasteiger partial charge is 0.379 e. The number of benzene rings is 2. The average molecular weight is 424 g/mol. The lowest BCUT2D eigenvalue weighted by Crippen LogP contribution is -2.35. The van der Waals surface area contributed by atoms with E-state index in [1.54, 1.807) is 19.1 Å². The predicted molar refractivity (Wildman–Crippen MR) is 114 cm³/mol. The van der Waals surface area contributed by atoms with Gasteiger partial charge in [0.2, 0.25) is 17.6 Å². The number of morpholine rings is 1. The van der Waals surface area contributed by atoms with Crippen molar-refractivity contribution in [2.24, 2.45) is 0 Å². The second-order valence-electron chi connectivity index (χ2n) is 7.61. The minimum atomic E-state index is -0.320. The number of halogens is 1. The second-order valence-corrected chi connectivity index (χ2v) is 7.61. The Bertz CT molecular complexity index is 1050. The Kier molecular flexibility index (Phi) is 6.69. The molecule has 0 spiro atoms. The minimum absolute atomic E-state index is 0.135. The van der Waals surface area contributed by atoms with Crippen molar-refractivity contribution in [1.29, 1.82) is 0 Å². The third kappa shape index (κ3) is 5.74. The summed E-state index contributed by atoms with van der Waals surface area (Å²) in [5.74, 6) is 0.195. The van der Waals surface area contributed by atoms with Gasteiger partial charge in [-0.25, -0.2) is 4.39 Å². The Hall–Kier alpha value is -3.10. The number of amides is 1. The van der Waals surface area contributed by atoms with Gasteiger partial charge in [-0.1, -0.05) is 29.4 Å². The molecule has 1 saturated heterocycles. The number of nitrogens with zero attached hydrogens (tertiary/aromatic N) is 3. The molecular formula is C23H25FN4O3. The molecule has 0 bridgehead atoms. The van der Waals surface area contributed by atoms with Gasteiger partial charge in [0.15, 0.2) is 0 Å². The minimum Gasteiger partial charge on any atom is -0.379 e. The van der Waals surface area contributed by atoms with E-state index >= 15 is 0 Å². The first-order valence-electron chi connectivity index (χ1n) is 10.3. The van der Waals surface area contributed by atoms with E-state index in [-0.39, 0.29) is 18.1 Å². The first kappa shape index (κ1) is 21.1. The van der Waals surface area contributed by atoms with Crippen molar-refractivity contribution in [2.45, 2.75) is 26.3 Å². The molecule has 31 heavy (non-hydrogen) atoms. The lowest BCUT2D eigenvalue weighted by Gasteiger charge is -2.26.